The second-order valence-electron chi connectivity index (χ2n) is 7.43. The molecule has 0 radical (unpaired) electrons. The van der Waals surface area contributed by atoms with Gasteiger partial charge in [0.2, 0.25) is 0 Å². The number of hydrogen-bond donors (Lipinski definition) is 1. The molecule has 0 saturated carbocycles. The molecule has 0 aromatic heterocycles. The van der Waals surface area contributed by atoms with Gasteiger partial charge in [-0.15, -0.1) is 0 Å². The van der Waals surface area contributed by atoms with Crippen molar-refractivity contribution in [3.63, 3.8) is 0 Å². The summed E-state index contributed by atoms with van der Waals surface area (Å²) in [5.41, 5.74) is 2.92. The molecule has 0 unspecified atom stereocenters. The van der Waals surface area contributed by atoms with Gasteiger partial charge >= 0.3 is 0 Å². The van der Waals surface area contributed by atoms with Crippen LogP contribution in [0.15, 0.2) is 72.4 Å². The van der Waals surface area contributed by atoms with Crippen molar-refractivity contribution < 1.29 is 23.8 Å². The molecule has 1 N–H and O–H groups in total. The topological polar surface area (TPSA) is 77.1 Å². The number of anilines is 2. The maximum Gasteiger partial charge on any atom is 0.282 e. The lowest BCUT2D eigenvalue weighted by Crippen LogP contribution is -2.32. The molecule has 0 atom stereocenters. The number of nitrogens with one attached hydrogen (secondary N) is 1. The molecule has 0 bridgehead atoms. The van der Waals surface area contributed by atoms with E-state index in [4.69, 9.17) is 14.2 Å². The van der Waals surface area contributed by atoms with Gasteiger partial charge in [0.25, 0.3) is 11.8 Å². The molecule has 4 rings (SSSR count). The van der Waals surface area contributed by atoms with E-state index in [2.05, 4.69) is 5.32 Å². The van der Waals surface area contributed by atoms with Crippen LogP contribution in [0, 0.1) is 6.92 Å². The zero-order valence-corrected chi connectivity index (χ0v) is 18.8. The summed E-state index contributed by atoms with van der Waals surface area (Å²) < 4.78 is 16.2. The number of aryl methyl sites for hydroxylation is 1. The standard InChI is InChI=1S/C26H24N2O5/c1-16-8-7-9-18(14-16)28-25(29)23(19-10-5-6-11-20(19)31-2)24(26(28)30)27-17-12-13-21(32-3)22(15-17)33-4/h5-15,27H,1-4H3. The highest BCUT2D eigenvalue weighted by Crippen LogP contribution is 2.38. The molecule has 33 heavy (non-hydrogen) atoms. The van der Waals surface area contributed by atoms with E-state index >= 15 is 0 Å². The minimum absolute atomic E-state index is 0.151. The van der Waals surface area contributed by atoms with Crippen molar-refractivity contribution >= 4 is 28.8 Å². The molecule has 168 valence electrons. The summed E-state index contributed by atoms with van der Waals surface area (Å²) in [6.45, 7) is 1.91. The second kappa shape index (κ2) is 9.08. The van der Waals surface area contributed by atoms with Gasteiger partial charge in [-0.2, -0.15) is 0 Å². The van der Waals surface area contributed by atoms with E-state index in [0.717, 1.165) is 5.56 Å². The number of carbonyl (C=O) groups excluding carboxylic acids is 2. The molecule has 1 heterocycles. The largest absolute Gasteiger partial charge is 0.496 e. The van der Waals surface area contributed by atoms with Gasteiger partial charge in [0.15, 0.2) is 11.5 Å². The van der Waals surface area contributed by atoms with Crippen LogP contribution in [-0.4, -0.2) is 33.1 Å². The Bertz CT molecular complexity index is 1270. The van der Waals surface area contributed by atoms with Gasteiger partial charge in [-0.3, -0.25) is 9.59 Å². The van der Waals surface area contributed by atoms with Crippen LogP contribution in [0.1, 0.15) is 11.1 Å². The SMILES string of the molecule is COc1ccc(NC2=C(c3ccccc3OC)C(=O)N(c3cccc(C)c3)C2=O)cc1OC. The summed E-state index contributed by atoms with van der Waals surface area (Å²) in [6, 6.07) is 19.6. The van der Waals surface area contributed by atoms with Crippen LogP contribution in [0.5, 0.6) is 17.2 Å². The van der Waals surface area contributed by atoms with E-state index in [1.165, 1.54) is 19.1 Å². The van der Waals surface area contributed by atoms with E-state index < -0.39 is 11.8 Å². The van der Waals surface area contributed by atoms with Crippen molar-refractivity contribution in [3.05, 3.63) is 83.6 Å². The molecule has 0 saturated heterocycles. The first kappa shape index (κ1) is 22.0. The summed E-state index contributed by atoms with van der Waals surface area (Å²) in [5.74, 6) is 0.650. The molecule has 0 spiro atoms. The lowest BCUT2D eigenvalue weighted by atomic mass is 10.0. The maximum absolute atomic E-state index is 13.6. The van der Waals surface area contributed by atoms with Gasteiger partial charge in [-0.05, 0) is 42.8 Å². The average molecular weight is 444 g/mol. The van der Waals surface area contributed by atoms with Crippen LogP contribution < -0.4 is 24.4 Å². The predicted octanol–water partition coefficient (Wildman–Crippen LogP) is 4.42. The van der Waals surface area contributed by atoms with Crippen LogP contribution >= 0.6 is 0 Å². The number of nitrogens with zero attached hydrogens (tertiary/aromatic N) is 1. The number of amides is 2. The summed E-state index contributed by atoms with van der Waals surface area (Å²) in [4.78, 5) is 28.4. The van der Waals surface area contributed by atoms with E-state index in [1.54, 1.807) is 55.6 Å². The minimum atomic E-state index is -0.457. The molecule has 0 aliphatic carbocycles. The van der Waals surface area contributed by atoms with Crippen LogP contribution in [0.4, 0.5) is 11.4 Å². The van der Waals surface area contributed by atoms with Crippen molar-refractivity contribution in [2.45, 2.75) is 6.92 Å². The Hall–Kier alpha value is -4.26. The smallest absolute Gasteiger partial charge is 0.282 e. The monoisotopic (exact) mass is 444 g/mol. The third-order valence-electron chi connectivity index (χ3n) is 5.37. The molecular formula is C26H24N2O5. The Balaban J connectivity index is 1.86. The Morgan fingerprint density at radius 1 is 0.727 bits per heavy atom. The summed E-state index contributed by atoms with van der Waals surface area (Å²) in [7, 11) is 4.61. The molecular weight excluding hydrogens is 420 g/mol. The Labute approximate surface area is 192 Å². The lowest BCUT2D eigenvalue weighted by Gasteiger charge is -2.16. The first-order valence-corrected chi connectivity index (χ1v) is 10.3. The van der Waals surface area contributed by atoms with Crippen LogP contribution in [0.3, 0.4) is 0 Å². The fraction of sp³-hybridized carbons (Fsp3) is 0.154. The van der Waals surface area contributed by atoms with Crippen molar-refractivity contribution in [2.24, 2.45) is 0 Å². The summed E-state index contributed by atoms with van der Waals surface area (Å²) >= 11 is 0. The molecule has 7 nitrogen and oxygen atoms in total. The van der Waals surface area contributed by atoms with Crippen molar-refractivity contribution in [3.8, 4) is 17.2 Å². The second-order valence-corrected chi connectivity index (χ2v) is 7.43. The highest BCUT2D eigenvalue weighted by Gasteiger charge is 2.41. The molecule has 7 heteroatoms. The number of para-hydroxylation sites is 1. The highest BCUT2D eigenvalue weighted by atomic mass is 16.5. The van der Waals surface area contributed by atoms with E-state index in [0.29, 0.717) is 34.2 Å². The van der Waals surface area contributed by atoms with Crippen molar-refractivity contribution in [1.82, 2.24) is 0 Å². The third-order valence-corrected chi connectivity index (χ3v) is 5.37. The normalized spacial score (nSPS) is 13.4. The van der Waals surface area contributed by atoms with Gasteiger partial charge in [0, 0.05) is 17.3 Å². The Morgan fingerprint density at radius 2 is 1.45 bits per heavy atom. The molecule has 1 aliphatic rings. The number of rotatable bonds is 7. The fourth-order valence-electron chi connectivity index (χ4n) is 3.81. The number of ether oxygens (including phenoxy) is 3. The van der Waals surface area contributed by atoms with Crippen LogP contribution in [0.2, 0.25) is 0 Å². The number of imide groups is 1. The van der Waals surface area contributed by atoms with E-state index in [9.17, 15) is 9.59 Å². The van der Waals surface area contributed by atoms with Crippen LogP contribution in [0.25, 0.3) is 5.57 Å². The predicted molar refractivity (Wildman–Crippen MR) is 127 cm³/mol. The maximum atomic E-state index is 13.6. The summed E-state index contributed by atoms with van der Waals surface area (Å²) in [6.07, 6.45) is 0. The van der Waals surface area contributed by atoms with Gasteiger partial charge in [0.1, 0.15) is 11.4 Å². The Morgan fingerprint density at radius 3 is 2.15 bits per heavy atom. The van der Waals surface area contributed by atoms with E-state index in [-0.39, 0.29) is 11.3 Å². The lowest BCUT2D eigenvalue weighted by molar-refractivity contribution is -0.120. The van der Waals surface area contributed by atoms with Crippen molar-refractivity contribution in [1.29, 1.82) is 0 Å². The number of carbonyl (C=O) groups is 2. The fourth-order valence-corrected chi connectivity index (χ4v) is 3.81. The average Bonchev–Trinajstić information content (AvgIpc) is 3.07. The number of hydrogen-bond acceptors (Lipinski definition) is 6. The van der Waals surface area contributed by atoms with Gasteiger partial charge in [-0.1, -0.05) is 30.3 Å². The zero-order valence-electron chi connectivity index (χ0n) is 18.8. The first-order chi connectivity index (χ1) is 16.0. The van der Waals surface area contributed by atoms with Gasteiger partial charge in [-0.25, -0.2) is 4.90 Å². The molecule has 1 aliphatic heterocycles. The Kier molecular flexibility index (Phi) is 6.04. The van der Waals surface area contributed by atoms with Gasteiger partial charge < -0.3 is 19.5 Å². The molecule has 0 fully saturated rings. The molecule has 2 amide bonds. The van der Waals surface area contributed by atoms with Crippen LogP contribution in [-0.2, 0) is 9.59 Å². The minimum Gasteiger partial charge on any atom is -0.496 e. The summed E-state index contributed by atoms with van der Waals surface area (Å²) in [5, 5.41) is 3.14. The van der Waals surface area contributed by atoms with Crippen molar-refractivity contribution in [2.75, 3.05) is 31.5 Å². The zero-order chi connectivity index (χ0) is 23.5. The number of benzene rings is 3. The number of methoxy groups -OCH3 is 3. The van der Waals surface area contributed by atoms with Gasteiger partial charge in [0.05, 0.1) is 32.6 Å². The van der Waals surface area contributed by atoms with E-state index in [1.807, 2.05) is 25.1 Å². The first-order valence-electron chi connectivity index (χ1n) is 10.3. The third kappa shape index (κ3) is 4.01. The quantitative estimate of drug-likeness (QED) is 0.544. The molecule has 3 aromatic rings. The molecule has 3 aromatic carbocycles. The highest BCUT2D eigenvalue weighted by molar-refractivity contribution is 6.46.